The largest absolute Gasteiger partial charge is 0.456 e. The van der Waals surface area contributed by atoms with E-state index in [2.05, 4.69) is 53.9 Å². The van der Waals surface area contributed by atoms with Crippen LogP contribution >= 0.6 is 0 Å². The number of fused-ring (bicyclic) bond motifs is 3. The van der Waals surface area contributed by atoms with E-state index < -0.39 is 21.8 Å². The van der Waals surface area contributed by atoms with Crippen LogP contribution in [-0.2, 0) is 20.1 Å². The number of rotatable bonds is 4. The number of aryl methyl sites for hydroxylation is 2. The summed E-state index contributed by atoms with van der Waals surface area (Å²) in [5.74, 6) is 0. The summed E-state index contributed by atoms with van der Waals surface area (Å²) in [4.78, 5) is 9.06. The summed E-state index contributed by atoms with van der Waals surface area (Å²) in [6.07, 6.45) is 3.66. The zero-order chi connectivity index (χ0) is 35.0. The van der Waals surface area contributed by atoms with Gasteiger partial charge in [0, 0.05) is 51.5 Å². The predicted molar refractivity (Wildman–Crippen MR) is 182 cm³/mol. The van der Waals surface area contributed by atoms with Crippen LogP contribution in [0.2, 0.25) is 19.6 Å². The van der Waals surface area contributed by atoms with E-state index in [1.165, 1.54) is 11.3 Å². The van der Waals surface area contributed by atoms with E-state index >= 15 is 0 Å². The van der Waals surface area contributed by atoms with Crippen LogP contribution in [0.1, 0.15) is 19.4 Å². The molecule has 221 valence electrons. The van der Waals surface area contributed by atoms with Gasteiger partial charge >= 0.3 is 0 Å². The van der Waals surface area contributed by atoms with E-state index in [1.54, 1.807) is 30.5 Å². The third kappa shape index (κ3) is 6.66. The Morgan fingerprint density at radius 1 is 0.705 bits per heavy atom. The summed E-state index contributed by atoms with van der Waals surface area (Å²) >= 11 is 0. The summed E-state index contributed by atoms with van der Waals surface area (Å²) in [6, 6.07) is 37.8. The molecule has 0 N–H and O–H groups in total. The van der Waals surface area contributed by atoms with E-state index in [0.29, 0.717) is 38.8 Å². The fraction of sp³-hybridized carbons (Fsp3) is 0.128. The molecule has 5 heteroatoms. The van der Waals surface area contributed by atoms with Crippen molar-refractivity contribution >= 4 is 35.2 Å². The molecule has 0 spiro atoms. The Morgan fingerprint density at radius 3 is 2.20 bits per heavy atom. The van der Waals surface area contributed by atoms with Gasteiger partial charge in [-0.2, -0.15) is 0 Å². The Kier molecular flexibility index (Phi) is 7.28. The molecule has 0 aliphatic rings. The molecule has 4 aromatic carbocycles. The molecule has 1 radical (unpaired) electrons. The average molecular weight is 773 g/mol. The Bertz CT molecular complexity index is 2230. The monoisotopic (exact) mass is 773 g/mol. The van der Waals surface area contributed by atoms with Gasteiger partial charge in [0.2, 0.25) is 0 Å². The van der Waals surface area contributed by atoms with Crippen molar-refractivity contribution in [3.8, 4) is 33.6 Å². The van der Waals surface area contributed by atoms with Gasteiger partial charge in [-0.25, -0.2) is 0 Å². The number of furan rings is 1. The molecule has 7 aromatic rings. The van der Waals surface area contributed by atoms with Gasteiger partial charge in [0.1, 0.15) is 11.2 Å². The summed E-state index contributed by atoms with van der Waals surface area (Å²) < 4.78 is 53.1. The molecule has 3 nitrogen and oxygen atoms in total. The number of hydrogen-bond donors (Lipinski definition) is 0. The molecule has 44 heavy (non-hydrogen) atoms. The van der Waals surface area contributed by atoms with Gasteiger partial charge in [0.25, 0.3) is 0 Å². The van der Waals surface area contributed by atoms with Gasteiger partial charge in [-0.1, -0.05) is 92.7 Å². The third-order valence-electron chi connectivity index (χ3n) is 7.31. The molecule has 0 saturated carbocycles. The first-order valence-electron chi connectivity index (χ1n) is 17.1. The van der Waals surface area contributed by atoms with Crippen LogP contribution in [0, 0.1) is 25.8 Å². The van der Waals surface area contributed by atoms with Crippen LogP contribution in [-0.4, -0.2) is 18.0 Å². The van der Waals surface area contributed by atoms with Crippen molar-refractivity contribution in [1.29, 1.82) is 0 Å². The van der Waals surface area contributed by atoms with Crippen LogP contribution in [0.25, 0.3) is 55.6 Å². The SMILES string of the molecule is C[Si](C)(C)c1ccc(-c2[c-]cccc2)nc1.[2H]C([2H])([2H])c1c[c-]c(-c2cc3oc4c(C([2H])([2H])[2H])cccc4c3cn2)cc1-c1ccccc1.[Ir]. The van der Waals surface area contributed by atoms with E-state index in [4.69, 9.17) is 12.6 Å². The summed E-state index contributed by atoms with van der Waals surface area (Å²) in [5.41, 5.74) is 5.77. The van der Waals surface area contributed by atoms with Crippen LogP contribution in [0.15, 0.2) is 120 Å². The Labute approximate surface area is 282 Å². The smallest absolute Gasteiger partial charge is 0.138 e. The topological polar surface area (TPSA) is 38.9 Å². The second-order valence-electron chi connectivity index (χ2n) is 11.3. The summed E-state index contributed by atoms with van der Waals surface area (Å²) in [6.45, 7) is 2.41. The van der Waals surface area contributed by atoms with E-state index in [9.17, 15) is 0 Å². The summed E-state index contributed by atoms with van der Waals surface area (Å²) in [5, 5.41) is 2.79. The molecule has 0 bridgehead atoms. The van der Waals surface area contributed by atoms with E-state index in [-0.39, 0.29) is 31.2 Å². The van der Waals surface area contributed by atoms with Crippen molar-refractivity contribution in [1.82, 2.24) is 9.97 Å². The van der Waals surface area contributed by atoms with Crippen LogP contribution in [0.5, 0.6) is 0 Å². The van der Waals surface area contributed by atoms with Crippen molar-refractivity contribution in [2.75, 3.05) is 0 Å². The number of aromatic nitrogens is 2. The van der Waals surface area contributed by atoms with Crippen molar-refractivity contribution in [3.63, 3.8) is 0 Å². The standard InChI is InChI=1S/C25H18NO.C14H16NSi.Ir/c1-16-11-12-19(13-21(16)18-8-4-3-5-9-18)23-14-24-22(15-26-23)20-10-6-7-17(2)25(20)27-24;1-16(2,3)13-9-10-14(15-11-13)12-7-5-4-6-8-12;/h3-11,13-15H,1-2H3;4-7,9-11H,1-3H3;/q2*-1;/i1D3,2D3;;. The molecule has 0 aliphatic heterocycles. The maximum Gasteiger partial charge on any atom is 0.138 e. The Hall–Kier alpha value is -4.15. The molecule has 0 saturated heterocycles. The second kappa shape index (κ2) is 13.2. The fourth-order valence-electron chi connectivity index (χ4n) is 4.89. The predicted octanol–water partition coefficient (Wildman–Crippen LogP) is 9.82. The van der Waals surface area contributed by atoms with Crippen molar-refractivity contribution in [2.45, 2.75) is 33.3 Å². The number of nitrogens with zero attached hydrogens (tertiary/aromatic N) is 2. The quantitative estimate of drug-likeness (QED) is 0.132. The van der Waals surface area contributed by atoms with Crippen LogP contribution in [0.3, 0.4) is 0 Å². The molecule has 0 atom stereocenters. The molecule has 0 fully saturated rings. The zero-order valence-corrected chi connectivity index (χ0v) is 28.0. The number of pyridine rings is 2. The number of para-hydroxylation sites is 1. The molecule has 0 unspecified atom stereocenters. The first-order chi connectivity index (χ1) is 23.2. The molecule has 3 aromatic heterocycles. The van der Waals surface area contributed by atoms with Gasteiger partial charge in [-0.05, 0) is 40.6 Å². The minimum Gasteiger partial charge on any atom is -0.456 e. The molecular formula is C39H34IrN2OSi-2. The normalized spacial score (nSPS) is 13.7. The number of hydrogen-bond acceptors (Lipinski definition) is 3. The molecule has 0 aliphatic carbocycles. The molecule has 0 amide bonds. The van der Waals surface area contributed by atoms with Gasteiger partial charge < -0.3 is 14.4 Å². The maximum atomic E-state index is 7.92. The van der Waals surface area contributed by atoms with Gasteiger partial charge in [-0.3, -0.25) is 0 Å². The Balaban J connectivity index is 0.000000241. The van der Waals surface area contributed by atoms with Crippen LogP contribution in [0.4, 0.5) is 0 Å². The second-order valence-corrected chi connectivity index (χ2v) is 16.4. The van der Waals surface area contributed by atoms with E-state index in [1.807, 2.05) is 66.9 Å². The van der Waals surface area contributed by atoms with Crippen LogP contribution < -0.4 is 5.19 Å². The van der Waals surface area contributed by atoms with Crippen molar-refractivity contribution in [2.24, 2.45) is 0 Å². The minimum atomic E-state index is -2.30. The molecular weight excluding hydrogens is 733 g/mol. The first kappa shape index (κ1) is 24.2. The van der Waals surface area contributed by atoms with Gasteiger partial charge in [0.15, 0.2) is 0 Å². The van der Waals surface area contributed by atoms with Gasteiger partial charge in [0.05, 0.1) is 8.07 Å². The van der Waals surface area contributed by atoms with E-state index in [0.717, 1.165) is 16.8 Å². The average Bonchev–Trinajstić information content (AvgIpc) is 3.46. The Morgan fingerprint density at radius 2 is 1.50 bits per heavy atom. The van der Waals surface area contributed by atoms with Crippen molar-refractivity contribution in [3.05, 3.63) is 139 Å². The summed E-state index contributed by atoms with van der Waals surface area (Å²) in [7, 11) is -1.23. The minimum absolute atomic E-state index is 0. The molecule has 7 rings (SSSR count). The fourth-order valence-corrected chi connectivity index (χ4v) is 5.92. The zero-order valence-electron chi connectivity index (χ0n) is 30.6. The van der Waals surface area contributed by atoms with Crippen molar-refractivity contribution < 1.29 is 32.7 Å². The third-order valence-corrected chi connectivity index (χ3v) is 9.34. The maximum absolute atomic E-state index is 7.92. The molecule has 3 heterocycles. The van der Waals surface area contributed by atoms with Gasteiger partial charge in [-0.15, -0.1) is 65.2 Å². The first-order valence-corrected chi connectivity index (χ1v) is 17.6. The number of benzene rings is 4.